The minimum atomic E-state index is -0.266. The van der Waals surface area contributed by atoms with Gasteiger partial charge in [0, 0.05) is 17.8 Å². The van der Waals surface area contributed by atoms with Crippen LogP contribution in [0.25, 0.3) is 11.4 Å². The summed E-state index contributed by atoms with van der Waals surface area (Å²) < 4.78 is 12.9. The third kappa shape index (κ3) is 4.73. The van der Waals surface area contributed by atoms with Gasteiger partial charge in [-0.1, -0.05) is 12.1 Å². The summed E-state index contributed by atoms with van der Waals surface area (Å²) in [6, 6.07) is 13.6. The summed E-state index contributed by atoms with van der Waals surface area (Å²) in [6.45, 7) is 2.64. The predicted molar refractivity (Wildman–Crippen MR) is 97.9 cm³/mol. The standard InChI is InChI=1S/C19H20FN5O/c1-13-21-19(24-23-13)15-5-9-17(10-6-15)22-18(26)12-25(2)11-14-3-7-16(20)8-4-14/h3-10H,11-12H2,1-2H3,(H,22,26)(H,21,23,24). The minimum absolute atomic E-state index is 0.115. The van der Waals surface area contributed by atoms with Crippen molar-refractivity contribution < 1.29 is 9.18 Å². The first-order valence-corrected chi connectivity index (χ1v) is 8.22. The smallest absolute Gasteiger partial charge is 0.238 e. The van der Waals surface area contributed by atoms with Crippen LogP contribution in [0.2, 0.25) is 0 Å². The third-order valence-electron chi connectivity index (χ3n) is 3.80. The van der Waals surface area contributed by atoms with Crippen LogP contribution in [0.3, 0.4) is 0 Å². The van der Waals surface area contributed by atoms with Crippen LogP contribution >= 0.6 is 0 Å². The average Bonchev–Trinajstić information content (AvgIpc) is 3.04. The normalized spacial score (nSPS) is 10.9. The van der Waals surface area contributed by atoms with Crippen LogP contribution in [0.1, 0.15) is 11.4 Å². The largest absolute Gasteiger partial charge is 0.325 e. The molecule has 1 aromatic heterocycles. The second kappa shape index (κ2) is 7.88. The molecule has 2 aromatic carbocycles. The first-order valence-electron chi connectivity index (χ1n) is 8.22. The number of anilines is 1. The molecular formula is C19H20FN5O. The SMILES string of the molecule is Cc1nc(-c2ccc(NC(=O)CN(C)Cc3ccc(F)cc3)cc2)n[nH]1. The molecule has 0 saturated carbocycles. The van der Waals surface area contributed by atoms with Gasteiger partial charge >= 0.3 is 0 Å². The fourth-order valence-electron chi connectivity index (χ4n) is 2.58. The summed E-state index contributed by atoms with van der Waals surface area (Å²) in [4.78, 5) is 18.3. The van der Waals surface area contributed by atoms with Gasteiger partial charge in [-0.05, 0) is 55.9 Å². The zero-order chi connectivity index (χ0) is 18.5. The fraction of sp³-hybridized carbons (Fsp3) is 0.211. The van der Waals surface area contributed by atoms with E-state index in [1.54, 1.807) is 12.1 Å². The molecule has 0 atom stereocenters. The Labute approximate surface area is 151 Å². The molecule has 3 rings (SSSR count). The molecule has 0 bridgehead atoms. The average molecular weight is 353 g/mol. The number of carbonyl (C=O) groups excluding carboxylic acids is 1. The maximum Gasteiger partial charge on any atom is 0.238 e. The zero-order valence-electron chi connectivity index (χ0n) is 14.7. The van der Waals surface area contributed by atoms with Crippen molar-refractivity contribution in [3.8, 4) is 11.4 Å². The van der Waals surface area contributed by atoms with Crippen LogP contribution < -0.4 is 5.32 Å². The molecule has 6 nitrogen and oxygen atoms in total. The van der Waals surface area contributed by atoms with Crippen LogP contribution in [0.4, 0.5) is 10.1 Å². The second-order valence-corrected chi connectivity index (χ2v) is 6.17. The molecule has 0 aliphatic heterocycles. The molecule has 0 aliphatic rings. The van der Waals surface area contributed by atoms with Gasteiger partial charge in [0.1, 0.15) is 11.6 Å². The fourth-order valence-corrected chi connectivity index (χ4v) is 2.58. The molecule has 1 amide bonds. The number of nitrogens with one attached hydrogen (secondary N) is 2. The lowest BCUT2D eigenvalue weighted by molar-refractivity contribution is -0.117. The van der Waals surface area contributed by atoms with E-state index in [9.17, 15) is 9.18 Å². The zero-order valence-corrected chi connectivity index (χ0v) is 14.7. The van der Waals surface area contributed by atoms with Crippen molar-refractivity contribution in [1.29, 1.82) is 0 Å². The number of aromatic nitrogens is 3. The molecule has 0 radical (unpaired) electrons. The maximum atomic E-state index is 12.9. The van der Waals surface area contributed by atoms with E-state index in [-0.39, 0.29) is 18.3 Å². The van der Waals surface area contributed by atoms with Gasteiger partial charge in [0.05, 0.1) is 6.54 Å². The molecule has 0 spiro atoms. The summed E-state index contributed by atoms with van der Waals surface area (Å²) in [7, 11) is 1.84. The topological polar surface area (TPSA) is 73.9 Å². The highest BCUT2D eigenvalue weighted by molar-refractivity contribution is 5.92. The van der Waals surface area contributed by atoms with Crippen molar-refractivity contribution in [2.24, 2.45) is 0 Å². The molecule has 2 N–H and O–H groups in total. The number of halogens is 1. The van der Waals surface area contributed by atoms with E-state index in [0.29, 0.717) is 18.1 Å². The number of likely N-dealkylation sites (N-methyl/N-ethyl adjacent to an activating group) is 1. The monoisotopic (exact) mass is 353 g/mol. The number of nitrogens with zero attached hydrogens (tertiary/aromatic N) is 3. The number of H-pyrrole nitrogens is 1. The molecule has 0 unspecified atom stereocenters. The Hall–Kier alpha value is -3.06. The Bertz CT molecular complexity index is 874. The van der Waals surface area contributed by atoms with Gasteiger partial charge in [-0.3, -0.25) is 14.8 Å². The maximum absolute atomic E-state index is 12.9. The Morgan fingerprint density at radius 3 is 2.46 bits per heavy atom. The van der Waals surface area contributed by atoms with Gasteiger partial charge in [-0.2, -0.15) is 5.10 Å². The predicted octanol–water partition coefficient (Wildman–Crippen LogP) is 2.99. The van der Waals surface area contributed by atoms with Crippen molar-refractivity contribution in [2.45, 2.75) is 13.5 Å². The van der Waals surface area contributed by atoms with Crippen molar-refractivity contribution in [3.63, 3.8) is 0 Å². The van der Waals surface area contributed by atoms with E-state index in [2.05, 4.69) is 20.5 Å². The Balaban J connectivity index is 1.53. The van der Waals surface area contributed by atoms with E-state index in [1.165, 1.54) is 12.1 Å². The lowest BCUT2D eigenvalue weighted by Crippen LogP contribution is -2.29. The Morgan fingerprint density at radius 1 is 1.15 bits per heavy atom. The lowest BCUT2D eigenvalue weighted by atomic mass is 10.2. The number of hydrogen-bond donors (Lipinski definition) is 2. The summed E-state index contributed by atoms with van der Waals surface area (Å²) in [5.74, 6) is 0.995. The summed E-state index contributed by atoms with van der Waals surface area (Å²) in [6.07, 6.45) is 0. The molecule has 1 heterocycles. The summed E-state index contributed by atoms with van der Waals surface area (Å²) in [5, 5.41) is 9.77. The van der Waals surface area contributed by atoms with Crippen molar-refractivity contribution in [2.75, 3.05) is 18.9 Å². The molecule has 7 heteroatoms. The molecule has 0 fully saturated rings. The van der Waals surface area contributed by atoms with E-state index in [1.807, 2.05) is 43.1 Å². The number of hydrogen-bond acceptors (Lipinski definition) is 4. The number of benzene rings is 2. The van der Waals surface area contributed by atoms with Gasteiger partial charge in [-0.15, -0.1) is 0 Å². The van der Waals surface area contributed by atoms with Crippen LogP contribution in [0.15, 0.2) is 48.5 Å². The first-order chi connectivity index (χ1) is 12.5. The molecule has 0 saturated heterocycles. The van der Waals surface area contributed by atoms with Crippen molar-refractivity contribution >= 4 is 11.6 Å². The Kier molecular flexibility index (Phi) is 5.38. The quantitative estimate of drug-likeness (QED) is 0.714. The molecule has 26 heavy (non-hydrogen) atoms. The highest BCUT2D eigenvalue weighted by Gasteiger charge is 2.09. The Morgan fingerprint density at radius 2 is 1.85 bits per heavy atom. The number of aryl methyl sites for hydroxylation is 1. The second-order valence-electron chi connectivity index (χ2n) is 6.17. The van der Waals surface area contributed by atoms with E-state index in [0.717, 1.165) is 17.0 Å². The minimum Gasteiger partial charge on any atom is -0.325 e. The number of amides is 1. The van der Waals surface area contributed by atoms with Crippen LogP contribution in [-0.2, 0) is 11.3 Å². The van der Waals surface area contributed by atoms with Crippen LogP contribution in [0.5, 0.6) is 0 Å². The summed E-state index contributed by atoms with van der Waals surface area (Å²) in [5.41, 5.74) is 2.54. The summed E-state index contributed by atoms with van der Waals surface area (Å²) >= 11 is 0. The molecule has 0 aliphatic carbocycles. The van der Waals surface area contributed by atoms with Gasteiger partial charge in [0.25, 0.3) is 0 Å². The van der Waals surface area contributed by atoms with E-state index < -0.39 is 0 Å². The first kappa shape index (κ1) is 17.8. The van der Waals surface area contributed by atoms with Gasteiger partial charge in [0.15, 0.2) is 5.82 Å². The third-order valence-corrected chi connectivity index (χ3v) is 3.80. The molecule has 3 aromatic rings. The number of carbonyl (C=O) groups is 1. The van der Waals surface area contributed by atoms with E-state index >= 15 is 0 Å². The van der Waals surface area contributed by atoms with Crippen LogP contribution in [0, 0.1) is 12.7 Å². The van der Waals surface area contributed by atoms with E-state index in [4.69, 9.17) is 0 Å². The van der Waals surface area contributed by atoms with Gasteiger partial charge < -0.3 is 5.32 Å². The van der Waals surface area contributed by atoms with Crippen LogP contribution in [-0.4, -0.2) is 39.6 Å². The van der Waals surface area contributed by atoms with Gasteiger partial charge in [-0.25, -0.2) is 9.37 Å². The lowest BCUT2D eigenvalue weighted by Gasteiger charge is -2.16. The highest BCUT2D eigenvalue weighted by atomic mass is 19.1. The van der Waals surface area contributed by atoms with Crippen molar-refractivity contribution in [1.82, 2.24) is 20.1 Å². The number of aromatic amines is 1. The highest BCUT2D eigenvalue weighted by Crippen LogP contribution is 2.17. The molecule has 134 valence electrons. The van der Waals surface area contributed by atoms with Crippen molar-refractivity contribution in [3.05, 3.63) is 65.7 Å². The molecular weight excluding hydrogens is 333 g/mol. The van der Waals surface area contributed by atoms with Gasteiger partial charge in [0.2, 0.25) is 5.91 Å². The number of rotatable bonds is 6.